The molecule has 294 valence electrons. The van der Waals surface area contributed by atoms with Crippen molar-refractivity contribution in [3.63, 3.8) is 0 Å². The molecule has 0 saturated heterocycles. The Balaban J connectivity index is 1.03. The van der Waals surface area contributed by atoms with E-state index < -0.39 is 0 Å². The van der Waals surface area contributed by atoms with Gasteiger partial charge >= 0.3 is 0 Å². The predicted octanol–water partition coefficient (Wildman–Crippen LogP) is 14.6. The third-order valence-electron chi connectivity index (χ3n) is 12.4. The molecule has 0 N–H and O–H groups in total. The zero-order valence-corrected chi connectivity index (χ0v) is 33.9. The number of furan rings is 1. The summed E-state index contributed by atoms with van der Waals surface area (Å²) in [4.78, 5) is 15.9. The van der Waals surface area contributed by atoms with Crippen LogP contribution < -0.4 is 0 Å². The quantitative estimate of drug-likeness (QED) is 0.168. The molecule has 0 saturated carbocycles. The predicted molar refractivity (Wildman–Crippen MR) is 258 cm³/mol. The van der Waals surface area contributed by atoms with Gasteiger partial charge in [0.15, 0.2) is 11.6 Å². The van der Waals surface area contributed by atoms with Crippen molar-refractivity contribution in [3.8, 4) is 56.7 Å². The van der Waals surface area contributed by atoms with E-state index >= 15 is 0 Å². The van der Waals surface area contributed by atoms with Gasteiger partial charge in [-0.1, -0.05) is 152 Å². The molecule has 63 heavy (non-hydrogen) atoms. The average Bonchev–Trinajstić information content (AvgIpc) is 4.01. The minimum absolute atomic E-state index is 0.550. The van der Waals surface area contributed by atoms with Crippen molar-refractivity contribution in [2.24, 2.45) is 0 Å². The van der Waals surface area contributed by atoms with Gasteiger partial charge in [-0.05, 0) is 82.9 Å². The first-order valence-electron chi connectivity index (χ1n) is 21.2. The molecule has 4 aromatic heterocycles. The topological polar surface area (TPSA) is 61.7 Å². The molecule has 6 heteroatoms. The number of nitrogens with zero attached hydrogens (tertiary/aromatic N) is 5. The fraction of sp³-hybridized carbons (Fsp3) is 0. The number of benzene rings is 9. The number of para-hydroxylation sites is 4. The highest BCUT2D eigenvalue weighted by Crippen LogP contribution is 2.40. The van der Waals surface area contributed by atoms with E-state index in [1.165, 1.54) is 5.39 Å². The Morgan fingerprint density at radius 1 is 0.286 bits per heavy atom. The highest BCUT2D eigenvalue weighted by molar-refractivity contribution is 6.19. The molecule has 0 spiro atoms. The van der Waals surface area contributed by atoms with E-state index in [2.05, 4.69) is 197 Å². The van der Waals surface area contributed by atoms with Crippen LogP contribution in [0.4, 0.5) is 0 Å². The molecule has 13 aromatic rings. The van der Waals surface area contributed by atoms with Crippen LogP contribution in [0.25, 0.3) is 122 Å². The maximum atomic E-state index is 6.30. The van der Waals surface area contributed by atoms with Gasteiger partial charge < -0.3 is 8.98 Å². The third kappa shape index (κ3) is 5.69. The second-order valence-electron chi connectivity index (χ2n) is 16.0. The lowest BCUT2D eigenvalue weighted by Gasteiger charge is -2.12. The fourth-order valence-electron chi connectivity index (χ4n) is 9.41. The summed E-state index contributed by atoms with van der Waals surface area (Å²) >= 11 is 0. The maximum Gasteiger partial charge on any atom is 0.238 e. The molecular weight excluding hydrogens is 771 g/mol. The molecule has 9 aromatic carbocycles. The van der Waals surface area contributed by atoms with Crippen molar-refractivity contribution in [2.75, 3.05) is 0 Å². The smallest absolute Gasteiger partial charge is 0.238 e. The largest absolute Gasteiger partial charge is 0.456 e. The normalized spacial score (nSPS) is 11.8. The van der Waals surface area contributed by atoms with Crippen LogP contribution in [-0.2, 0) is 0 Å². The van der Waals surface area contributed by atoms with Crippen LogP contribution in [0.2, 0.25) is 0 Å². The maximum absolute atomic E-state index is 6.30. The molecule has 0 unspecified atom stereocenters. The Bertz CT molecular complexity index is 3900. The van der Waals surface area contributed by atoms with Crippen molar-refractivity contribution < 1.29 is 4.42 Å². The summed E-state index contributed by atoms with van der Waals surface area (Å²) in [6.07, 6.45) is 0. The van der Waals surface area contributed by atoms with Gasteiger partial charge in [-0.15, -0.1) is 0 Å². The summed E-state index contributed by atoms with van der Waals surface area (Å²) in [5, 5.41) is 6.80. The molecule has 0 amide bonds. The molecule has 0 aliphatic rings. The summed E-state index contributed by atoms with van der Waals surface area (Å²) in [6, 6.07) is 74.5. The fourth-order valence-corrected chi connectivity index (χ4v) is 9.41. The number of fused-ring (bicyclic) bond motifs is 9. The summed E-state index contributed by atoms with van der Waals surface area (Å²) in [7, 11) is 0. The van der Waals surface area contributed by atoms with Gasteiger partial charge in [-0.25, -0.2) is 4.98 Å². The number of rotatable bonds is 6. The van der Waals surface area contributed by atoms with Gasteiger partial charge in [-0.3, -0.25) is 4.57 Å². The second kappa shape index (κ2) is 14.0. The molecule has 0 fully saturated rings. The van der Waals surface area contributed by atoms with Crippen molar-refractivity contribution >= 4 is 65.6 Å². The SMILES string of the molecule is c1ccc(-c2ccc(-c3nc(-c4cccc(-c5ccc6c(c5)oc5ccccc56)c4)nc(-n4c5ccccc5c5cc6c(cc54)c4ccccc4n6-c4ccccc4)n3)cc2)cc1. The molecule has 0 aliphatic heterocycles. The molecule has 0 bridgehead atoms. The van der Waals surface area contributed by atoms with Gasteiger partial charge in [0.2, 0.25) is 5.95 Å². The van der Waals surface area contributed by atoms with E-state index in [1.807, 2.05) is 24.3 Å². The van der Waals surface area contributed by atoms with Gasteiger partial charge in [0.1, 0.15) is 11.2 Å². The summed E-state index contributed by atoms with van der Waals surface area (Å²) in [5.74, 6) is 1.73. The minimum Gasteiger partial charge on any atom is -0.456 e. The Morgan fingerprint density at radius 2 is 0.794 bits per heavy atom. The minimum atomic E-state index is 0.550. The van der Waals surface area contributed by atoms with Crippen LogP contribution in [-0.4, -0.2) is 24.1 Å². The molecular formula is C57H35N5O. The number of hydrogen-bond donors (Lipinski definition) is 0. The number of hydrogen-bond acceptors (Lipinski definition) is 4. The first kappa shape index (κ1) is 35.2. The first-order chi connectivity index (χ1) is 31.2. The first-order valence-corrected chi connectivity index (χ1v) is 21.2. The molecule has 0 aliphatic carbocycles. The third-order valence-corrected chi connectivity index (χ3v) is 12.4. The van der Waals surface area contributed by atoms with Crippen molar-refractivity contribution in [1.29, 1.82) is 0 Å². The van der Waals surface area contributed by atoms with Gasteiger partial charge in [0, 0.05) is 49.1 Å². The number of aromatic nitrogens is 5. The highest BCUT2D eigenvalue weighted by atomic mass is 16.3. The lowest BCUT2D eigenvalue weighted by molar-refractivity contribution is 0.669. The Hall–Kier alpha value is -8.61. The van der Waals surface area contributed by atoms with Crippen molar-refractivity contribution in [2.45, 2.75) is 0 Å². The summed E-state index contributed by atoms with van der Waals surface area (Å²) < 4.78 is 10.9. The Kier molecular flexibility index (Phi) is 7.80. The van der Waals surface area contributed by atoms with E-state index in [9.17, 15) is 0 Å². The zero-order valence-electron chi connectivity index (χ0n) is 33.9. The second-order valence-corrected chi connectivity index (χ2v) is 16.0. The van der Waals surface area contributed by atoms with E-state index in [-0.39, 0.29) is 0 Å². The van der Waals surface area contributed by atoms with Crippen LogP contribution in [0.1, 0.15) is 0 Å². The van der Waals surface area contributed by atoms with Crippen LogP contribution in [0.15, 0.2) is 217 Å². The van der Waals surface area contributed by atoms with Crippen molar-refractivity contribution in [1.82, 2.24) is 24.1 Å². The standard InChI is InChI=1S/C57H35N5O/c1-3-14-36(15-4-1)37-26-28-38(29-27-37)55-58-56(41-17-13-16-39(32-41)40-30-31-46-45-22-9-12-25-53(45)63-54(46)33-40)60-57(59-55)62-50-24-11-8-21-44(50)48-34-51-47(35-52(48)62)43-20-7-10-23-49(43)61(51)42-18-5-2-6-19-42/h1-35H. The van der Waals surface area contributed by atoms with Crippen LogP contribution in [0, 0.1) is 0 Å². The van der Waals surface area contributed by atoms with Gasteiger partial charge in [0.05, 0.1) is 22.1 Å². The Labute approximate surface area is 361 Å². The highest BCUT2D eigenvalue weighted by Gasteiger charge is 2.21. The van der Waals surface area contributed by atoms with Gasteiger partial charge in [-0.2, -0.15) is 9.97 Å². The van der Waals surface area contributed by atoms with Crippen molar-refractivity contribution in [3.05, 3.63) is 212 Å². The Morgan fingerprint density at radius 3 is 1.54 bits per heavy atom. The van der Waals surface area contributed by atoms with E-state index in [4.69, 9.17) is 19.4 Å². The van der Waals surface area contributed by atoms with Crippen LogP contribution >= 0.6 is 0 Å². The molecule has 0 atom stereocenters. The molecule has 0 radical (unpaired) electrons. The monoisotopic (exact) mass is 805 g/mol. The molecule has 4 heterocycles. The lowest BCUT2D eigenvalue weighted by Crippen LogP contribution is -2.06. The molecule has 6 nitrogen and oxygen atoms in total. The van der Waals surface area contributed by atoms with Crippen LogP contribution in [0.3, 0.4) is 0 Å². The summed E-state index contributed by atoms with van der Waals surface area (Å²) in [6.45, 7) is 0. The van der Waals surface area contributed by atoms with Gasteiger partial charge in [0.25, 0.3) is 0 Å². The molecule has 13 rings (SSSR count). The van der Waals surface area contributed by atoms with Crippen LogP contribution in [0.5, 0.6) is 0 Å². The lowest BCUT2D eigenvalue weighted by atomic mass is 10.0. The van der Waals surface area contributed by atoms with E-state index in [1.54, 1.807) is 0 Å². The van der Waals surface area contributed by atoms with E-state index in [0.29, 0.717) is 17.6 Å². The summed E-state index contributed by atoms with van der Waals surface area (Å²) in [5.41, 5.74) is 13.4. The zero-order chi connectivity index (χ0) is 41.4. The van der Waals surface area contributed by atoms with E-state index in [0.717, 1.165) is 99.2 Å². The average molecular weight is 806 g/mol.